The molecule has 2 heterocycles. The molecule has 0 aromatic carbocycles. The van der Waals surface area contributed by atoms with E-state index in [1.165, 1.54) is 23.1 Å². The number of nitrogens with zero attached hydrogens (tertiary/aromatic N) is 2. The van der Waals surface area contributed by atoms with Gasteiger partial charge in [0.2, 0.25) is 11.0 Å². The summed E-state index contributed by atoms with van der Waals surface area (Å²) in [7, 11) is 0. The fraction of sp³-hybridized carbons (Fsp3) is 0.500. The quantitative estimate of drug-likeness (QED) is 0.719. The Bertz CT molecular complexity index is 596. The molecule has 0 unspecified atom stereocenters. The molecule has 0 spiro atoms. The number of rotatable bonds is 8. The van der Waals surface area contributed by atoms with Gasteiger partial charge in [0.25, 0.3) is 0 Å². The van der Waals surface area contributed by atoms with E-state index in [1.807, 2.05) is 26.0 Å². The van der Waals surface area contributed by atoms with E-state index in [9.17, 15) is 4.79 Å². The first-order valence-electron chi connectivity index (χ1n) is 7.02. The van der Waals surface area contributed by atoms with E-state index in [2.05, 4.69) is 27.8 Å². The van der Waals surface area contributed by atoms with E-state index in [1.54, 1.807) is 6.26 Å². The lowest BCUT2D eigenvalue weighted by Gasteiger charge is -2.24. The third-order valence-electron chi connectivity index (χ3n) is 3.09. The second-order valence-electron chi connectivity index (χ2n) is 5.38. The topological polar surface area (TPSA) is 80.0 Å². The van der Waals surface area contributed by atoms with Crippen molar-refractivity contribution >= 4 is 34.1 Å². The Kier molecular flexibility index (Phi) is 5.84. The third kappa shape index (κ3) is 5.34. The van der Waals surface area contributed by atoms with Gasteiger partial charge in [-0.15, -0.1) is 10.2 Å². The van der Waals surface area contributed by atoms with E-state index in [0.29, 0.717) is 17.4 Å². The summed E-state index contributed by atoms with van der Waals surface area (Å²) in [4.78, 5) is 11.9. The molecule has 0 radical (unpaired) electrons. The first-order valence-corrected chi connectivity index (χ1v) is 8.82. The Morgan fingerprint density at radius 3 is 2.95 bits per heavy atom. The van der Waals surface area contributed by atoms with Crippen molar-refractivity contribution in [3.63, 3.8) is 0 Å². The van der Waals surface area contributed by atoms with Gasteiger partial charge in [-0.25, -0.2) is 0 Å². The van der Waals surface area contributed by atoms with Crippen LogP contribution in [0.2, 0.25) is 0 Å². The summed E-state index contributed by atoms with van der Waals surface area (Å²) in [5, 5.41) is 15.0. The minimum atomic E-state index is -0.172. The molecule has 22 heavy (non-hydrogen) atoms. The largest absolute Gasteiger partial charge is 0.467 e. The van der Waals surface area contributed by atoms with Crippen molar-refractivity contribution in [1.82, 2.24) is 15.5 Å². The Morgan fingerprint density at radius 1 is 1.45 bits per heavy atom. The molecule has 2 rings (SSSR count). The molecule has 2 aromatic heterocycles. The van der Waals surface area contributed by atoms with Crippen molar-refractivity contribution in [3.8, 4) is 0 Å². The average Bonchev–Trinajstić information content (AvgIpc) is 3.14. The van der Waals surface area contributed by atoms with Gasteiger partial charge in [0.05, 0.1) is 18.6 Å². The van der Waals surface area contributed by atoms with E-state index < -0.39 is 0 Å². The average molecular weight is 340 g/mol. The molecular formula is C14H20N4O2S2. The van der Waals surface area contributed by atoms with Crippen LogP contribution >= 0.6 is 23.1 Å². The van der Waals surface area contributed by atoms with Crippen LogP contribution in [0, 0.1) is 0 Å². The number of thioether (sulfide) groups is 1. The van der Waals surface area contributed by atoms with Crippen LogP contribution in [-0.2, 0) is 11.3 Å². The highest BCUT2D eigenvalue weighted by Gasteiger charge is 2.18. The van der Waals surface area contributed by atoms with Crippen molar-refractivity contribution in [2.75, 3.05) is 11.1 Å². The highest BCUT2D eigenvalue weighted by atomic mass is 32.2. The predicted molar refractivity (Wildman–Crippen MR) is 89.2 cm³/mol. The van der Waals surface area contributed by atoms with Crippen LogP contribution in [0.3, 0.4) is 0 Å². The van der Waals surface area contributed by atoms with Crippen LogP contribution in [0.25, 0.3) is 0 Å². The Morgan fingerprint density at radius 2 is 2.27 bits per heavy atom. The maximum absolute atomic E-state index is 11.9. The van der Waals surface area contributed by atoms with E-state index in [4.69, 9.17) is 4.42 Å². The van der Waals surface area contributed by atoms with Crippen LogP contribution in [0.4, 0.5) is 5.13 Å². The zero-order valence-electron chi connectivity index (χ0n) is 12.9. The Labute approximate surface area is 138 Å². The van der Waals surface area contributed by atoms with E-state index in [-0.39, 0.29) is 11.4 Å². The smallest absolute Gasteiger partial charge is 0.230 e. The molecule has 0 aliphatic heterocycles. The molecule has 6 nitrogen and oxygen atoms in total. The van der Waals surface area contributed by atoms with Crippen molar-refractivity contribution in [3.05, 3.63) is 24.2 Å². The number of carbonyl (C=O) groups excluding carboxylic acids is 1. The molecule has 2 N–H and O–H groups in total. The van der Waals surface area contributed by atoms with Gasteiger partial charge in [-0.05, 0) is 32.4 Å². The summed E-state index contributed by atoms with van der Waals surface area (Å²) >= 11 is 2.82. The second-order valence-corrected chi connectivity index (χ2v) is 7.58. The van der Waals surface area contributed by atoms with Gasteiger partial charge >= 0.3 is 0 Å². The van der Waals surface area contributed by atoms with Crippen molar-refractivity contribution in [2.24, 2.45) is 0 Å². The van der Waals surface area contributed by atoms with Gasteiger partial charge in [0.1, 0.15) is 5.76 Å². The Hall–Kier alpha value is -1.54. The SMILES string of the molecule is CCC(C)(C)NC(=O)CSc1nnc(NCc2ccco2)s1. The molecule has 1 amide bonds. The van der Waals surface area contributed by atoms with Crippen LogP contribution in [0.1, 0.15) is 33.0 Å². The summed E-state index contributed by atoms with van der Waals surface area (Å²) in [5.74, 6) is 1.19. The predicted octanol–water partition coefficient (Wildman–Crippen LogP) is 3.14. The molecule has 0 fully saturated rings. The number of hydrogen-bond acceptors (Lipinski definition) is 7. The third-order valence-corrected chi connectivity index (χ3v) is 5.10. The second kappa shape index (κ2) is 7.64. The van der Waals surface area contributed by atoms with Gasteiger partial charge in [0.15, 0.2) is 4.34 Å². The highest BCUT2D eigenvalue weighted by Crippen LogP contribution is 2.25. The van der Waals surface area contributed by atoms with Crippen LogP contribution < -0.4 is 10.6 Å². The molecule has 0 atom stereocenters. The van der Waals surface area contributed by atoms with Gasteiger partial charge in [-0.3, -0.25) is 4.79 Å². The summed E-state index contributed by atoms with van der Waals surface area (Å²) in [6, 6.07) is 3.73. The minimum Gasteiger partial charge on any atom is -0.467 e. The number of amides is 1. The van der Waals surface area contributed by atoms with Crippen LogP contribution in [0.5, 0.6) is 0 Å². The van der Waals surface area contributed by atoms with Crippen LogP contribution in [-0.4, -0.2) is 27.4 Å². The van der Waals surface area contributed by atoms with E-state index in [0.717, 1.165) is 16.5 Å². The molecule has 0 bridgehead atoms. The molecule has 120 valence electrons. The number of furan rings is 1. The fourth-order valence-corrected chi connectivity index (χ4v) is 3.09. The maximum Gasteiger partial charge on any atom is 0.230 e. The number of aromatic nitrogens is 2. The highest BCUT2D eigenvalue weighted by molar-refractivity contribution is 8.01. The first kappa shape index (κ1) is 16.8. The maximum atomic E-state index is 11.9. The summed E-state index contributed by atoms with van der Waals surface area (Å²) in [6.45, 7) is 6.64. The molecule has 0 aliphatic rings. The summed E-state index contributed by atoms with van der Waals surface area (Å²) in [5.41, 5.74) is -0.172. The number of anilines is 1. The van der Waals surface area contributed by atoms with E-state index >= 15 is 0 Å². The van der Waals surface area contributed by atoms with Crippen molar-refractivity contribution < 1.29 is 9.21 Å². The van der Waals surface area contributed by atoms with Crippen molar-refractivity contribution in [1.29, 1.82) is 0 Å². The molecule has 2 aromatic rings. The molecule has 0 saturated heterocycles. The standard InChI is InChI=1S/C14H20N4O2S2/c1-4-14(2,3)16-11(19)9-21-13-18-17-12(22-13)15-8-10-6-5-7-20-10/h5-7H,4,8-9H2,1-3H3,(H,15,17)(H,16,19). The summed E-state index contributed by atoms with van der Waals surface area (Å²) < 4.78 is 6.00. The molecule has 0 aliphatic carbocycles. The lowest BCUT2D eigenvalue weighted by atomic mass is 10.0. The van der Waals surface area contributed by atoms with Crippen LogP contribution in [0.15, 0.2) is 27.2 Å². The normalized spacial score (nSPS) is 11.4. The van der Waals surface area contributed by atoms with Gasteiger partial charge in [-0.2, -0.15) is 0 Å². The van der Waals surface area contributed by atoms with Gasteiger partial charge in [0, 0.05) is 5.54 Å². The zero-order chi connectivity index (χ0) is 16.0. The molecule has 0 saturated carbocycles. The molecular weight excluding hydrogens is 320 g/mol. The van der Waals surface area contributed by atoms with Gasteiger partial charge < -0.3 is 15.1 Å². The molecule has 8 heteroatoms. The number of carbonyl (C=O) groups is 1. The zero-order valence-corrected chi connectivity index (χ0v) is 14.5. The lowest BCUT2D eigenvalue weighted by molar-refractivity contribution is -0.120. The number of nitrogens with one attached hydrogen (secondary N) is 2. The minimum absolute atomic E-state index is 0.0112. The lowest BCUT2D eigenvalue weighted by Crippen LogP contribution is -2.43. The Balaban J connectivity index is 1.76. The fourth-order valence-electron chi connectivity index (χ4n) is 1.54. The summed E-state index contributed by atoms with van der Waals surface area (Å²) in [6.07, 6.45) is 2.53. The number of hydrogen-bond donors (Lipinski definition) is 2. The van der Waals surface area contributed by atoms with Crippen molar-refractivity contribution in [2.45, 2.75) is 43.6 Å². The monoisotopic (exact) mass is 340 g/mol. The van der Waals surface area contributed by atoms with Gasteiger partial charge in [-0.1, -0.05) is 30.0 Å². The first-order chi connectivity index (χ1) is 10.5.